The van der Waals surface area contributed by atoms with Gasteiger partial charge in [0, 0.05) is 18.5 Å². The first kappa shape index (κ1) is 21.1. The van der Waals surface area contributed by atoms with Gasteiger partial charge in [-0.2, -0.15) is 0 Å². The molecule has 3 aromatic rings. The molecule has 3 rings (SSSR count). The summed E-state index contributed by atoms with van der Waals surface area (Å²) in [7, 11) is 5.86. The first-order chi connectivity index (χ1) is 14.0. The molecule has 0 unspecified atom stereocenters. The number of benzene rings is 2. The van der Waals surface area contributed by atoms with Gasteiger partial charge in [0.15, 0.2) is 5.13 Å². The van der Waals surface area contributed by atoms with Crippen molar-refractivity contribution in [1.29, 1.82) is 0 Å². The molecule has 1 aromatic heterocycles. The number of aromatic nitrogens is 1. The maximum atomic E-state index is 13.3. The van der Waals surface area contributed by atoms with Gasteiger partial charge in [0.2, 0.25) is 0 Å². The predicted molar refractivity (Wildman–Crippen MR) is 118 cm³/mol. The number of anilines is 1. The first-order valence-electron chi connectivity index (χ1n) is 9.80. The minimum Gasteiger partial charge on any atom is -0.494 e. The third-order valence-electron chi connectivity index (χ3n) is 4.54. The lowest BCUT2D eigenvalue weighted by atomic mass is 10.2. The van der Waals surface area contributed by atoms with E-state index in [1.165, 1.54) is 16.2 Å². The Bertz CT molecular complexity index is 954. The lowest BCUT2D eigenvalue weighted by Gasteiger charge is -2.20. The SMILES string of the molecule is CCOc1ccc(C(=O)N(CCC[NH+](C)C)c2nc3c(OC)cccc3s2)cc1. The van der Waals surface area contributed by atoms with Crippen LogP contribution in [0.25, 0.3) is 10.2 Å². The second-order valence-electron chi connectivity index (χ2n) is 7.03. The van der Waals surface area contributed by atoms with E-state index < -0.39 is 0 Å². The number of amides is 1. The van der Waals surface area contributed by atoms with Gasteiger partial charge in [-0.1, -0.05) is 17.4 Å². The van der Waals surface area contributed by atoms with Crippen LogP contribution >= 0.6 is 11.3 Å². The number of nitrogens with zero attached hydrogens (tertiary/aromatic N) is 2. The molecule has 0 aliphatic carbocycles. The third-order valence-corrected chi connectivity index (χ3v) is 5.58. The molecule has 29 heavy (non-hydrogen) atoms. The number of rotatable bonds is 9. The van der Waals surface area contributed by atoms with Gasteiger partial charge in [-0.15, -0.1) is 0 Å². The largest absolute Gasteiger partial charge is 0.494 e. The van der Waals surface area contributed by atoms with Crippen molar-refractivity contribution in [2.45, 2.75) is 13.3 Å². The number of nitrogens with one attached hydrogen (secondary N) is 1. The Morgan fingerprint density at radius 2 is 1.93 bits per heavy atom. The quantitative estimate of drug-likeness (QED) is 0.585. The Morgan fingerprint density at radius 1 is 1.17 bits per heavy atom. The van der Waals surface area contributed by atoms with Crippen LogP contribution in [-0.4, -0.2) is 51.8 Å². The molecule has 1 amide bonds. The van der Waals surface area contributed by atoms with Crippen molar-refractivity contribution < 1.29 is 19.2 Å². The summed E-state index contributed by atoms with van der Waals surface area (Å²) in [6.45, 7) is 4.12. The molecule has 7 heteroatoms. The molecule has 0 saturated carbocycles. The number of carbonyl (C=O) groups excluding carboxylic acids is 1. The number of hydrogen-bond acceptors (Lipinski definition) is 5. The number of thiazole rings is 1. The zero-order chi connectivity index (χ0) is 20.8. The van der Waals surface area contributed by atoms with Crippen LogP contribution < -0.4 is 19.3 Å². The molecule has 0 fully saturated rings. The van der Waals surface area contributed by atoms with Crippen LogP contribution in [0.4, 0.5) is 5.13 Å². The summed E-state index contributed by atoms with van der Waals surface area (Å²) in [5.74, 6) is 1.42. The molecule has 0 bridgehead atoms. The van der Waals surface area contributed by atoms with Gasteiger partial charge in [-0.25, -0.2) is 4.98 Å². The zero-order valence-corrected chi connectivity index (χ0v) is 18.2. The molecular formula is C22H28N3O3S+. The maximum Gasteiger partial charge on any atom is 0.260 e. The number of methoxy groups -OCH3 is 1. The van der Waals surface area contributed by atoms with Crippen molar-refractivity contribution in [3.8, 4) is 11.5 Å². The van der Waals surface area contributed by atoms with E-state index in [9.17, 15) is 4.79 Å². The highest BCUT2D eigenvalue weighted by Gasteiger charge is 2.22. The Kier molecular flexibility index (Phi) is 7.06. The van der Waals surface area contributed by atoms with Crippen molar-refractivity contribution in [3.05, 3.63) is 48.0 Å². The van der Waals surface area contributed by atoms with E-state index in [-0.39, 0.29) is 5.91 Å². The fourth-order valence-corrected chi connectivity index (χ4v) is 4.09. The summed E-state index contributed by atoms with van der Waals surface area (Å²) in [6.07, 6.45) is 0.887. The number of carbonyl (C=O) groups is 1. The van der Waals surface area contributed by atoms with E-state index in [2.05, 4.69) is 14.1 Å². The van der Waals surface area contributed by atoms with Crippen molar-refractivity contribution in [2.75, 3.05) is 45.8 Å². The second kappa shape index (κ2) is 9.71. The van der Waals surface area contributed by atoms with Crippen LogP contribution in [0.3, 0.4) is 0 Å². The van der Waals surface area contributed by atoms with Gasteiger partial charge >= 0.3 is 0 Å². The van der Waals surface area contributed by atoms with Crippen molar-refractivity contribution in [1.82, 2.24) is 4.98 Å². The average molecular weight is 415 g/mol. The van der Waals surface area contributed by atoms with Crippen molar-refractivity contribution >= 4 is 32.6 Å². The van der Waals surface area contributed by atoms with E-state index in [4.69, 9.17) is 14.5 Å². The van der Waals surface area contributed by atoms with Crippen molar-refractivity contribution in [3.63, 3.8) is 0 Å². The number of hydrogen-bond donors (Lipinski definition) is 1. The molecule has 0 aliphatic rings. The Balaban J connectivity index is 1.92. The number of fused-ring (bicyclic) bond motifs is 1. The first-order valence-corrected chi connectivity index (χ1v) is 10.6. The van der Waals surface area contributed by atoms with E-state index in [1.54, 1.807) is 12.0 Å². The van der Waals surface area contributed by atoms with E-state index in [0.29, 0.717) is 23.8 Å². The molecule has 154 valence electrons. The Labute approximate surface area is 175 Å². The Morgan fingerprint density at radius 3 is 2.59 bits per heavy atom. The summed E-state index contributed by atoms with van der Waals surface area (Å²) in [5, 5.41) is 0.692. The number of quaternary nitrogens is 1. The average Bonchev–Trinajstić information content (AvgIpc) is 3.15. The van der Waals surface area contributed by atoms with Crippen LogP contribution in [0.15, 0.2) is 42.5 Å². The highest BCUT2D eigenvalue weighted by molar-refractivity contribution is 7.22. The zero-order valence-electron chi connectivity index (χ0n) is 17.4. The molecule has 2 aromatic carbocycles. The minimum absolute atomic E-state index is 0.0557. The molecule has 1 N–H and O–H groups in total. The summed E-state index contributed by atoms with van der Waals surface area (Å²) in [6, 6.07) is 13.1. The molecule has 0 saturated heterocycles. The molecular weight excluding hydrogens is 386 g/mol. The van der Waals surface area contributed by atoms with Gasteiger partial charge in [0.1, 0.15) is 17.0 Å². The predicted octanol–water partition coefficient (Wildman–Crippen LogP) is 2.89. The fourth-order valence-electron chi connectivity index (χ4n) is 3.08. The van der Waals surface area contributed by atoms with Crippen LogP contribution in [0.2, 0.25) is 0 Å². The summed E-state index contributed by atoms with van der Waals surface area (Å²) >= 11 is 1.51. The van der Waals surface area contributed by atoms with E-state index in [0.717, 1.165) is 34.7 Å². The summed E-state index contributed by atoms with van der Waals surface area (Å²) in [5.41, 5.74) is 1.41. The van der Waals surface area contributed by atoms with Gasteiger partial charge in [-0.05, 0) is 43.3 Å². The lowest BCUT2D eigenvalue weighted by Crippen LogP contribution is -3.05. The molecule has 0 radical (unpaired) electrons. The van der Waals surface area contributed by atoms with Crippen LogP contribution in [0.5, 0.6) is 11.5 Å². The normalized spacial score (nSPS) is 11.1. The summed E-state index contributed by atoms with van der Waals surface area (Å²) in [4.78, 5) is 21.2. The molecule has 0 aliphatic heterocycles. The van der Waals surface area contributed by atoms with Crippen molar-refractivity contribution in [2.24, 2.45) is 0 Å². The van der Waals surface area contributed by atoms with Crippen LogP contribution in [0, 0.1) is 0 Å². The Hall–Kier alpha value is -2.64. The van der Waals surface area contributed by atoms with E-state index in [1.807, 2.05) is 49.4 Å². The maximum absolute atomic E-state index is 13.3. The fraction of sp³-hybridized carbons (Fsp3) is 0.364. The second-order valence-corrected chi connectivity index (χ2v) is 8.04. The smallest absolute Gasteiger partial charge is 0.260 e. The van der Waals surface area contributed by atoms with Gasteiger partial charge in [0.05, 0.1) is 39.1 Å². The topological polar surface area (TPSA) is 56.1 Å². The number of ether oxygens (including phenoxy) is 2. The van der Waals surface area contributed by atoms with Gasteiger partial charge in [-0.3, -0.25) is 9.69 Å². The molecule has 0 spiro atoms. The lowest BCUT2D eigenvalue weighted by molar-refractivity contribution is -0.858. The highest BCUT2D eigenvalue weighted by Crippen LogP contribution is 2.34. The van der Waals surface area contributed by atoms with Gasteiger partial charge < -0.3 is 14.4 Å². The van der Waals surface area contributed by atoms with Crippen LogP contribution in [-0.2, 0) is 0 Å². The minimum atomic E-state index is -0.0557. The summed E-state index contributed by atoms with van der Waals surface area (Å²) < 4.78 is 11.9. The van der Waals surface area contributed by atoms with Gasteiger partial charge in [0.25, 0.3) is 5.91 Å². The number of para-hydroxylation sites is 1. The van der Waals surface area contributed by atoms with E-state index >= 15 is 0 Å². The highest BCUT2D eigenvalue weighted by atomic mass is 32.1. The molecule has 6 nitrogen and oxygen atoms in total. The van der Waals surface area contributed by atoms with Crippen LogP contribution in [0.1, 0.15) is 23.7 Å². The molecule has 0 atom stereocenters. The molecule has 1 heterocycles. The monoisotopic (exact) mass is 414 g/mol. The third kappa shape index (κ3) is 5.05. The standard InChI is InChI=1S/C22H27N3O3S/c1-5-28-17-12-10-16(11-13-17)21(26)25(15-7-14-24(2)3)22-23-20-18(27-4)8-6-9-19(20)29-22/h6,8-13H,5,7,14-15H2,1-4H3/p+1.